The average Bonchev–Trinajstić information content (AvgIpc) is 1.93. The van der Waals surface area contributed by atoms with E-state index in [9.17, 15) is 0 Å². The van der Waals surface area contributed by atoms with Crippen molar-refractivity contribution >= 4 is 0 Å². The minimum Gasteiger partial charge on any atom is -0.378 e. The molecule has 2 nitrogen and oxygen atoms in total. The first-order valence-electron chi connectivity index (χ1n) is 5.05. The molecule has 1 rings (SSSR count). The number of hydrogen-bond donors (Lipinski definition) is 1. The summed E-state index contributed by atoms with van der Waals surface area (Å²) in [5.74, 6) is 0. The molecule has 1 saturated heterocycles. The molecule has 1 aliphatic heterocycles. The maximum Gasteiger partial charge on any atom is 0.0597 e. The van der Waals surface area contributed by atoms with Crippen LogP contribution in [-0.2, 0) is 4.74 Å². The minimum atomic E-state index is 0. The van der Waals surface area contributed by atoms with Gasteiger partial charge in [-0.25, -0.2) is 0 Å². The fourth-order valence-electron chi connectivity index (χ4n) is 1.49. The summed E-state index contributed by atoms with van der Waals surface area (Å²) >= 11 is 0. The molecule has 3 N–H and O–H groups in total. The van der Waals surface area contributed by atoms with Crippen molar-refractivity contribution in [2.24, 2.45) is 0 Å². The van der Waals surface area contributed by atoms with Gasteiger partial charge in [0.15, 0.2) is 0 Å². The van der Waals surface area contributed by atoms with Gasteiger partial charge in [-0.2, -0.15) is 0 Å². The predicted octanol–water partition coefficient (Wildman–Crippen LogP) is 3.30. The Kier molecular flexibility index (Phi) is 7.51. The number of unbranched alkanes of at least 4 members (excludes halogenated alkanes) is 4. The van der Waals surface area contributed by atoms with E-state index in [2.05, 4.69) is 6.92 Å². The Hall–Kier alpha value is -0.0800. The molecule has 0 bridgehead atoms. The van der Waals surface area contributed by atoms with Gasteiger partial charge in [0.25, 0.3) is 0 Å². The van der Waals surface area contributed by atoms with Crippen LogP contribution < -0.4 is 6.15 Å². The van der Waals surface area contributed by atoms with Crippen LogP contribution in [-0.4, -0.2) is 12.7 Å². The molecule has 0 aromatic carbocycles. The zero-order chi connectivity index (χ0) is 7.94. The topological polar surface area (TPSA) is 44.2 Å². The van der Waals surface area contributed by atoms with Crippen LogP contribution in [0, 0.1) is 0 Å². The first-order chi connectivity index (χ1) is 5.43. The summed E-state index contributed by atoms with van der Waals surface area (Å²) < 4.78 is 5.34. The number of hydrogen-bond acceptors (Lipinski definition) is 2. The van der Waals surface area contributed by atoms with Crippen molar-refractivity contribution in [3.8, 4) is 0 Å². The van der Waals surface area contributed by atoms with Crippen molar-refractivity contribution in [3.63, 3.8) is 0 Å². The van der Waals surface area contributed by atoms with Gasteiger partial charge in [-0.3, -0.25) is 0 Å². The molecule has 12 heavy (non-hydrogen) atoms. The Bertz CT molecular complexity index is 91.8. The van der Waals surface area contributed by atoms with Crippen LogP contribution in [0.1, 0.15) is 51.9 Å². The van der Waals surface area contributed by atoms with E-state index >= 15 is 0 Å². The summed E-state index contributed by atoms with van der Waals surface area (Å²) in [4.78, 5) is 0. The van der Waals surface area contributed by atoms with E-state index in [1.54, 1.807) is 0 Å². The molecule has 1 atom stereocenters. The summed E-state index contributed by atoms with van der Waals surface area (Å²) in [6, 6.07) is 0. The largest absolute Gasteiger partial charge is 0.378 e. The molecule has 0 amide bonds. The van der Waals surface area contributed by atoms with Gasteiger partial charge in [0, 0.05) is 6.61 Å². The average molecular weight is 173 g/mol. The van der Waals surface area contributed by atoms with Crippen molar-refractivity contribution in [2.75, 3.05) is 6.61 Å². The zero-order valence-electron chi connectivity index (χ0n) is 8.35. The summed E-state index contributed by atoms with van der Waals surface area (Å²) in [7, 11) is 0. The maximum absolute atomic E-state index is 5.34. The molecule has 0 radical (unpaired) electrons. The normalized spacial score (nSPS) is 21.2. The third-order valence-electron chi connectivity index (χ3n) is 2.42. The second-order valence-electron chi connectivity index (χ2n) is 3.48. The van der Waals surface area contributed by atoms with Gasteiger partial charge in [0.1, 0.15) is 0 Å². The fourth-order valence-corrected chi connectivity index (χ4v) is 1.49. The van der Waals surface area contributed by atoms with E-state index in [0.717, 1.165) is 6.61 Å². The van der Waals surface area contributed by atoms with Crippen LogP contribution in [0.4, 0.5) is 0 Å². The van der Waals surface area contributed by atoms with Crippen LogP contribution in [0.3, 0.4) is 0 Å². The SMILES string of the molecule is CCCCCCCC1CCO1.N. The molecule has 1 aliphatic rings. The molecule has 1 heterocycles. The van der Waals surface area contributed by atoms with Crippen molar-refractivity contribution < 1.29 is 4.74 Å². The van der Waals surface area contributed by atoms with Crippen molar-refractivity contribution in [3.05, 3.63) is 0 Å². The monoisotopic (exact) mass is 173 g/mol. The van der Waals surface area contributed by atoms with Crippen molar-refractivity contribution in [1.82, 2.24) is 6.15 Å². The van der Waals surface area contributed by atoms with E-state index in [1.807, 2.05) is 0 Å². The Morgan fingerprint density at radius 3 is 2.33 bits per heavy atom. The Morgan fingerprint density at radius 2 is 1.83 bits per heavy atom. The molecule has 1 fully saturated rings. The molecule has 0 aromatic rings. The second kappa shape index (κ2) is 7.56. The van der Waals surface area contributed by atoms with Gasteiger partial charge in [0.05, 0.1) is 6.10 Å². The molecule has 74 valence electrons. The summed E-state index contributed by atoms with van der Waals surface area (Å²) in [5.41, 5.74) is 0. The van der Waals surface area contributed by atoms with Crippen LogP contribution in [0.15, 0.2) is 0 Å². The van der Waals surface area contributed by atoms with Crippen molar-refractivity contribution in [1.29, 1.82) is 0 Å². The lowest BCUT2D eigenvalue weighted by Gasteiger charge is -2.26. The Balaban J connectivity index is 0.00000121. The smallest absolute Gasteiger partial charge is 0.0597 e. The zero-order valence-corrected chi connectivity index (χ0v) is 8.35. The fraction of sp³-hybridized carbons (Fsp3) is 1.00. The van der Waals surface area contributed by atoms with Gasteiger partial charge in [0.2, 0.25) is 0 Å². The second-order valence-corrected chi connectivity index (χ2v) is 3.48. The number of ether oxygens (including phenoxy) is 1. The first-order valence-corrected chi connectivity index (χ1v) is 5.05. The van der Waals surface area contributed by atoms with Gasteiger partial charge in [-0.05, 0) is 12.8 Å². The molecular formula is C10H23NO. The highest BCUT2D eigenvalue weighted by Gasteiger charge is 2.16. The highest BCUT2D eigenvalue weighted by atomic mass is 16.5. The highest BCUT2D eigenvalue weighted by Crippen LogP contribution is 2.18. The Labute approximate surface area is 76.3 Å². The van der Waals surface area contributed by atoms with Crippen LogP contribution >= 0.6 is 0 Å². The quantitative estimate of drug-likeness (QED) is 0.626. The lowest BCUT2D eigenvalue weighted by molar-refractivity contribution is -0.0555. The highest BCUT2D eigenvalue weighted by molar-refractivity contribution is 4.65. The molecular weight excluding hydrogens is 150 g/mol. The molecule has 1 unspecified atom stereocenters. The minimum absolute atomic E-state index is 0. The number of rotatable bonds is 6. The van der Waals surface area contributed by atoms with Gasteiger partial charge < -0.3 is 10.9 Å². The molecule has 0 aromatic heterocycles. The summed E-state index contributed by atoms with van der Waals surface area (Å²) in [6.07, 6.45) is 10.2. The predicted molar refractivity (Wildman–Crippen MR) is 52.8 cm³/mol. The molecule has 0 saturated carbocycles. The molecule has 2 heteroatoms. The molecule has 0 aliphatic carbocycles. The maximum atomic E-state index is 5.34. The van der Waals surface area contributed by atoms with E-state index in [4.69, 9.17) is 4.74 Å². The van der Waals surface area contributed by atoms with Crippen LogP contribution in [0.5, 0.6) is 0 Å². The lowest BCUT2D eigenvalue weighted by atomic mass is 10.0. The third-order valence-corrected chi connectivity index (χ3v) is 2.42. The van der Waals surface area contributed by atoms with E-state index in [-0.39, 0.29) is 6.15 Å². The van der Waals surface area contributed by atoms with E-state index in [1.165, 1.54) is 44.9 Å². The third kappa shape index (κ3) is 4.73. The van der Waals surface area contributed by atoms with Gasteiger partial charge >= 0.3 is 0 Å². The van der Waals surface area contributed by atoms with E-state index < -0.39 is 0 Å². The first kappa shape index (κ1) is 11.9. The standard InChI is InChI=1S/C10H20O.H3N/c1-2-3-4-5-6-7-10-8-9-11-10;/h10H,2-9H2,1H3;1H3. The summed E-state index contributed by atoms with van der Waals surface area (Å²) in [5, 5.41) is 0. The van der Waals surface area contributed by atoms with Crippen LogP contribution in [0.25, 0.3) is 0 Å². The van der Waals surface area contributed by atoms with Gasteiger partial charge in [-0.15, -0.1) is 0 Å². The Morgan fingerprint density at radius 1 is 1.17 bits per heavy atom. The van der Waals surface area contributed by atoms with Crippen molar-refractivity contribution in [2.45, 2.75) is 58.0 Å². The van der Waals surface area contributed by atoms with Crippen LogP contribution in [0.2, 0.25) is 0 Å². The van der Waals surface area contributed by atoms with E-state index in [0.29, 0.717) is 6.10 Å². The van der Waals surface area contributed by atoms with Gasteiger partial charge in [-0.1, -0.05) is 39.0 Å². The molecule has 0 spiro atoms. The lowest BCUT2D eigenvalue weighted by Crippen LogP contribution is -2.26. The summed E-state index contributed by atoms with van der Waals surface area (Å²) in [6.45, 7) is 3.27.